The normalized spacial score (nSPS) is 11.3. The van der Waals surface area contributed by atoms with Crippen LogP contribution in [0, 0.1) is 6.92 Å². The molecular weight excluding hydrogens is 452 g/mol. The molecule has 2 N–H and O–H groups in total. The summed E-state index contributed by atoms with van der Waals surface area (Å²) in [4.78, 5) is 12.3. The number of carbonyl (C=O) groups is 1. The Labute approximate surface area is 169 Å². The standard InChI is InChI=1S/C17H15BrN4O3S2/c1-11-2-8-14(9-3-11)27(24,25)19-10-15-21-22-17(26-15)20-16(23)12-4-6-13(18)7-5-12/h2-9,19H,10H2,1H3,(H,20,22,23). The monoisotopic (exact) mass is 466 g/mol. The van der Waals surface area contributed by atoms with Crippen LogP contribution >= 0.6 is 27.3 Å². The van der Waals surface area contributed by atoms with Crippen molar-refractivity contribution in [1.29, 1.82) is 0 Å². The Morgan fingerprint density at radius 3 is 2.41 bits per heavy atom. The van der Waals surface area contributed by atoms with Crippen molar-refractivity contribution in [3.63, 3.8) is 0 Å². The first kappa shape index (κ1) is 19.6. The lowest BCUT2D eigenvalue weighted by molar-refractivity contribution is 0.102. The van der Waals surface area contributed by atoms with Gasteiger partial charge in [-0.25, -0.2) is 13.1 Å². The van der Waals surface area contributed by atoms with Gasteiger partial charge in [-0.15, -0.1) is 10.2 Å². The number of rotatable bonds is 6. The number of hydrogen-bond acceptors (Lipinski definition) is 6. The van der Waals surface area contributed by atoms with Gasteiger partial charge in [0.15, 0.2) is 0 Å². The molecule has 3 aromatic rings. The lowest BCUT2D eigenvalue weighted by Crippen LogP contribution is -2.23. The third kappa shape index (κ3) is 5.19. The maximum atomic E-state index is 12.3. The van der Waals surface area contributed by atoms with E-state index >= 15 is 0 Å². The summed E-state index contributed by atoms with van der Waals surface area (Å²) in [7, 11) is -3.64. The zero-order valence-electron chi connectivity index (χ0n) is 14.1. The van der Waals surface area contributed by atoms with Crippen LogP contribution in [0.1, 0.15) is 20.9 Å². The lowest BCUT2D eigenvalue weighted by Gasteiger charge is -2.05. The van der Waals surface area contributed by atoms with E-state index in [9.17, 15) is 13.2 Å². The average Bonchev–Trinajstić information content (AvgIpc) is 3.08. The predicted molar refractivity (Wildman–Crippen MR) is 107 cm³/mol. The van der Waals surface area contributed by atoms with Crippen LogP contribution < -0.4 is 10.0 Å². The van der Waals surface area contributed by atoms with Gasteiger partial charge in [-0.05, 0) is 43.3 Å². The van der Waals surface area contributed by atoms with Crippen LogP contribution in [0.5, 0.6) is 0 Å². The molecule has 2 aromatic carbocycles. The molecule has 1 amide bonds. The largest absolute Gasteiger partial charge is 0.296 e. The first-order valence-corrected chi connectivity index (χ1v) is 10.9. The van der Waals surface area contributed by atoms with Gasteiger partial charge in [0.1, 0.15) is 5.01 Å². The molecule has 0 aliphatic heterocycles. The summed E-state index contributed by atoms with van der Waals surface area (Å²) in [6, 6.07) is 13.4. The summed E-state index contributed by atoms with van der Waals surface area (Å²) >= 11 is 4.42. The summed E-state index contributed by atoms with van der Waals surface area (Å²) in [5.41, 5.74) is 1.46. The minimum absolute atomic E-state index is 0.0119. The number of sulfonamides is 1. The molecule has 10 heteroatoms. The third-order valence-corrected chi connectivity index (χ3v) is 6.32. The number of halogens is 1. The number of nitrogens with one attached hydrogen (secondary N) is 2. The topological polar surface area (TPSA) is 101 Å². The summed E-state index contributed by atoms with van der Waals surface area (Å²) < 4.78 is 27.9. The van der Waals surface area contributed by atoms with Crippen molar-refractivity contribution < 1.29 is 13.2 Å². The van der Waals surface area contributed by atoms with Crippen molar-refractivity contribution in [2.75, 3.05) is 5.32 Å². The number of amides is 1. The minimum atomic E-state index is -3.64. The zero-order valence-corrected chi connectivity index (χ0v) is 17.4. The number of benzene rings is 2. The molecule has 0 atom stereocenters. The molecule has 27 heavy (non-hydrogen) atoms. The quantitative estimate of drug-likeness (QED) is 0.579. The van der Waals surface area contributed by atoms with E-state index in [4.69, 9.17) is 0 Å². The molecule has 0 spiro atoms. The molecule has 0 bridgehead atoms. The second-order valence-corrected chi connectivity index (χ2v) is 9.34. The molecule has 0 aliphatic rings. The van der Waals surface area contributed by atoms with E-state index in [0.29, 0.717) is 15.7 Å². The van der Waals surface area contributed by atoms with Crippen molar-refractivity contribution in [2.45, 2.75) is 18.4 Å². The van der Waals surface area contributed by atoms with E-state index in [1.165, 1.54) is 0 Å². The lowest BCUT2D eigenvalue weighted by atomic mass is 10.2. The first-order valence-electron chi connectivity index (χ1n) is 7.79. The Hall–Kier alpha value is -2.14. The maximum absolute atomic E-state index is 12.3. The van der Waals surface area contributed by atoms with Crippen LogP contribution in [0.2, 0.25) is 0 Å². The molecule has 0 radical (unpaired) electrons. The molecule has 0 fully saturated rings. The van der Waals surface area contributed by atoms with Crippen LogP contribution in [0.15, 0.2) is 57.9 Å². The van der Waals surface area contributed by atoms with Crippen LogP contribution in [0.3, 0.4) is 0 Å². The Bertz CT molecular complexity index is 1050. The van der Waals surface area contributed by atoms with Gasteiger partial charge in [0.05, 0.1) is 11.4 Å². The molecule has 0 aliphatic carbocycles. The van der Waals surface area contributed by atoms with Crippen molar-refractivity contribution in [1.82, 2.24) is 14.9 Å². The predicted octanol–water partition coefficient (Wildman–Crippen LogP) is 3.34. The van der Waals surface area contributed by atoms with Crippen LogP contribution in [-0.2, 0) is 16.6 Å². The van der Waals surface area contributed by atoms with Gasteiger partial charge in [-0.1, -0.05) is 45.0 Å². The average molecular weight is 467 g/mol. The molecule has 0 unspecified atom stereocenters. The number of aryl methyl sites for hydroxylation is 1. The van der Waals surface area contributed by atoms with Crippen LogP contribution in [-0.4, -0.2) is 24.5 Å². The number of aromatic nitrogens is 2. The van der Waals surface area contributed by atoms with E-state index in [2.05, 4.69) is 36.2 Å². The molecule has 1 aromatic heterocycles. The first-order chi connectivity index (χ1) is 12.8. The third-order valence-electron chi connectivity index (χ3n) is 3.54. The van der Waals surface area contributed by atoms with Gasteiger partial charge < -0.3 is 0 Å². The Morgan fingerprint density at radius 2 is 1.74 bits per heavy atom. The molecule has 3 rings (SSSR count). The van der Waals surface area contributed by atoms with Crippen molar-refractivity contribution in [3.05, 3.63) is 69.1 Å². The van der Waals surface area contributed by atoms with E-state index in [-0.39, 0.29) is 17.3 Å². The minimum Gasteiger partial charge on any atom is -0.296 e. The Kier molecular flexibility index (Phi) is 6.00. The van der Waals surface area contributed by atoms with Crippen LogP contribution in [0.4, 0.5) is 5.13 Å². The molecule has 0 saturated carbocycles. The molecule has 140 valence electrons. The van der Waals surface area contributed by atoms with Gasteiger partial charge in [-0.3, -0.25) is 10.1 Å². The molecule has 7 nitrogen and oxygen atoms in total. The molecule has 1 heterocycles. The van der Waals surface area contributed by atoms with E-state index in [1.54, 1.807) is 48.5 Å². The molecule has 0 saturated heterocycles. The number of hydrogen-bond donors (Lipinski definition) is 2. The van der Waals surface area contributed by atoms with Gasteiger partial charge >= 0.3 is 0 Å². The van der Waals surface area contributed by atoms with Gasteiger partial charge in [0.25, 0.3) is 5.91 Å². The SMILES string of the molecule is Cc1ccc(S(=O)(=O)NCc2nnc(NC(=O)c3ccc(Br)cc3)s2)cc1. The Morgan fingerprint density at radius 1 is 1.07 bits per heavy atom. The van der Waals surface area contributed by atoms with E-state index in [0.717, 1.165) is 21.4 Å². The number of anilines is 1. The number of nitrogens with zero attached hydrogens (tertiary/aromatic N) is 2. The highest BCUT2D eigenvalue weighted by Crippen LogP contribution is 2.18. The summed E-state index contributed by atoms with van der Waals surface area (Å²) in [5.74, 6) is -0.314. The van der Waals surface area contributed by atoms with Gasteiger partial charge in [0.2, 0.25) is 15.2 Å². The number of carbonyl (C=O) groups excluding carboxylic acids is 1. The highest BCUT2D eigenvalue weighted by Gasteiger charge is 2.15. The van der Waals surface area contributed by atoms with Crippen molar-refractivity contribution >= 4 is 48.3 Å². The van der Waals surface area contributed by atoms with Gasteiger partial charge in [-0.2, -0.15) is 0 Å². The second-order valence-electron chi connectivity index (χ2n) is 5.60. The van der Waals surface area contributed by atoms with Gasteiger partial charge in [0, 0.05) is 10.0 Å². The van der Waals surface area contributed by atoms with Crippen molar-refractivity contribution in [2.24, 2.45) is 0 Å². The van der Waals surface area contributed by atoms with E-state index < -0.39 is 10.0 Å². The van der Waals surface area contributed by atoms with Crippen LogP contribution in [0.25, 0.3) is 0 Å². The highest BCUT2D eigenvalue weighted by atomic mass is 79.9. The van der Waals surface area contributed by atoms with E-state index in [1.807, 2.05) is 6.92 Å². The van der Waals surface area contributed by atoms with Crippen molar-refractivity contribution in [3.8, 4) is 0 Å². The highest BCUT2D eigenvalue weighted by molar-refractivity contribution is 9.10. The summed E-state index contributed by atoms with van der Waals surface area (Å²) in [6.07, 6.45) is 0. The fourth-order valence-corrected chi connectivity index (χ4v) is 4.12. The summed E-state index contributed by atoms with van der Waals surface area (Å²) in [6.45, 7) is 1.87. The zero-order chi connectivity index (χ0) is 19.4. The second kappa shape index (κ2) is 8.26. The fraction of sp³-hybridized carbons (Fsp3) is 0.118. The Balaban J connectivity index is 1.61. The molecular formula is C17H15BrN4O3S2. The fourth-order valence-electron chi connectivity index (χ4n) is 2.10. The maximum Gasteiger partial charge on any atom is 0.257 e. The summed E-state index contributed by atoms with van der Waals surface area (Å²) in [5, 5.41) is 11.2. The smallest absolute Gasteiger partial charge is 0.257 e.